The van der Waals surface area contributed by atoms with Crippen LogP contribution in [0, 0.1) is 16.3 Å². The second-order valence-electron chi connectivity index (χ2n) is 5.81. The maximum absolute atomic E-state index is 13.7. The Hall–Kier alpha value is -2.48. The zero-order chi connectivity index (χ0) is 18.5. The van der Waals surface area contributed by atoms with Crippen LogP contribution in [-0.2, 0) is 6.54 Å². The number of hydrogen-bond donors (Lipinski definition) is 2. The number of amides is 1. The molecule has 3 rings (SSSR count). The minimum absolute atomic E-state index is 0.261. The van der Waals surface area contributed by atoms with E-state index < -0.39 is 5.82 Å². The van der Waals surface area contributed by atoms with Gasteiger partial charge in [-0.25, -0.2) is 4.39 Å². The number of pyridine rings is 1. The van der Waals surface area contributed by atoms with Gasteiger partial charge < -0.3 is 10.6 Å². The zero-order valence-electron chi connectivity index (χ0n) is 14.1. The molecule has 0 spiro atoms. The van der Waals surface area contributed by atoms with Crippen LogP contribution in [0.25, 0.3) is 0 Å². The van der Waals surface area contributed by atoms with E-state index in [9.17, 15) is 9.18 Å². The summed E-state index contributed by atoms with van der Waals surface area (Å²) in [4.78, 5) is 16.5. The fourth-order valence-corrected chi connectivity index (χ4v) is 3.15. The molecular formula is C20H17FIN3O. The normalized spacial score (nSPS) is 10.4. The molecule has 0 atom stereocenters. The Morgan fingerprint density at radius 3 is 2.54 bits per heavy atom. The molecule has 0 unspecified atom stereocenters. The molecule has 0 aliphatic carbocycles. The Balaban J connectivity index is 1.82. The molecule has 6 heteroatoms. The van der Waals surface area contributed by atoms with Crippen LogP contribution in [0.3, 0.4) is 0 Å². The molecule has 2 aromatic carbocycles. The molecule has 2 N–H and O–H groups in total. The van der Waals surface area contributed by atoms with Gasteiger partial charge in [0.2, 0.25) is 0 Å². The SMILES string of the molecule is Cc1cc(I)ccc1Nc1ccc(F)cc1C(=O)NCc1ccncc1. The van der Waals surface area contributed by atoms with Crippen molar-refractivity contribution < 1.29 is 9.18 Å². The van der Waals surface area contributed by atoms with Crippen LogP contribution < -0.4 is 10.6 Å². The Morgan fingerprint density at radius 1 is 1.08 bits per heavy atom. The van der Waals surface area contributed by atoms with Crippen LogP contribution in [0.4, 0.5) is 15.8 Å². The van der Waals surface area contributed by atoms with Crippen molar-refractivity contribution in [3.05, 3.63) is 87.0 Å². The number of carbonyl (C=O) groups is 1. The van der Waals surface area contributed by atoms with Crippen LogP contribution in [0.15, 0.2) is 60.9 Å². The molecule has 4 nitrogen and oxygen atoms in total. The molecule has 0 bridgehead atoms. The predicted octanol–water partition coefficient (Wildman–Crippen LogP) is 4.81. The monoisotopic (exact) mass is 461 g/mol. The summed E-state index contributed by atoms with van der Waals surface area (Å²) in [5.74, 6) is -0.795. The van der Waals surface area contributed by atoms with Crippen LogP contribution in [0.1, 0.15) is 21.5 Å². The van der Waals surface area contributed by atoms with Gasteiger partial charge in [-0.05, 0) is 89.2 Å². The van der Waals surface area contributed by atoms with Gasteiger partial charge in [-0.15, -0.1) is 0 Å². The minimum Gasteiger partial charge on any atom is -0.355 e. The van der Waals surface area contributed by atoms with Crippen LogP contribution >= 0.6 is 22.6 Å². The number of rotatable bonds is 5. The molecule has 0 aliphatic rings. The summed E-state index contributed by atoms with van der Waals surface area (Å²) in [6, 6.07) is 13.8. The third-order valence-electron chi connectivity index (χ3n) is 3.89. The summed E-state index contributed by atoms with van der Waals surface area (Å²) < 4.78 is 14.8. The molecule has 3 aromatic rings. The first-order valence-corrected chi connectivity index (χ1v) is 9.10. The van der Waals surface area contributed by atoms with Crippen molar-refractivity contribution in [1.82, 2.24) is 10.3 Å². The van der Waals surface area contributed by atoms with Crippen molar-refractivity contribution in [1.29, 1.82) is 0 Å². The number of aryl methyl sites for hydroxylation is 1. The van der Waals surface area contributed by atoms with Crippen LogP contribution in [0.5, 0.6) is 0 Å². The standard InChI is InChI=1S/C20H17FIN3O/c1-13-10-16(22)3-5-18(13)25-19-4-2-15(21)11-17(19)20(26)24-12-14-6-8-23-9-7-14/h2-11,25H,12H2,1H3,(H,24,26). The quantitative estimate of drug-likeness (QED) is 0.537. The topological polar surface area (TPSA) is 54.0 Å². The third kappa shape index (κ3) is 4.57. The predicted molar refractivity (Wildman–Crippen MR) is 109 cm³/mol. The van der Waals surface area contributed by atoms with E-state index in [-0.39, 0.29) is 11.5 Å². The summed E-state index contributed by atoms with van der Waals surface area (Å²) in [6.45, 7) is 2.33. The number of carbonyl (C=O) groups excluding carboxylic acids is 1. The second kappa shape index (κ2) is 8.27. The Labute approximate surface area is 165 Å². The van der Waals surface area contributed by atoms with Crippen LogP contribution in [-0.4, -0.2) is 10.9 Å². The van der Waals surface area contributed by atoms with E-state index in [1.807, 2.05) is 37.3 Å². The zero-order valence-corrected chi connectivity index (χ0v) is 16.2. The van der Waals surface area contributed by atoms with Gasteiger partial charge in [0.05, 0.1) is 11.3 Å². The highest BCUT2D eigenvalue weighted by atomic mass is 127. The van der Waals surface area contributed by atoms with E-state index in [0.29, 0.717) is 12.2 Å². The largest absolute Gasteiger partial charge is 0.355 e. The van der Waals surface area contributed by atoms with Gasteiger partial charge in [0.15, 0.2) is 0 Å². The minimum atomic E-state index is -0.455. The van der Waals surface area contributed by atoms with E-state index in [1.54, 1.807) is 18.5 Å². The lowest BCUT2D eigenvalue weighted by Crippen LogP contribution is -2.24. The third-order valence-corrected chi connectivity index (χ3v) is 4.56. The van der Waals surface area contributed by atoms with E-state index >= 15 is 0 Å². The molecule has 0 radical (unpaired) electrons. The number of halogens is 2. The maximum Gasteiger partial charge on any atom is 0.253 e. The summed E-state index contributed by atoms with van der Waals surface area (Å²) in [7, 11) is 0. The number of nitrogens with one attached hydrogen (secondary N) is 2. The summed E-state index contributed by atoms with van der Waals surface area (Å²) in [6.07, 6.45) is 3.33. The van der Waals surface area contributed by atoms with Crippen molar-refractivity contribution >= 4 is 39.9 Å². The Bertz CT molecular complexity index is 932. The molecule has 0 fully saturated rings. The van der Waals surface area contributed by atoms with Gasteiger partial charge in [0.25, 0.3) is 5.91 Å². The molecular weight excluding hydrogens is 444 g/mol. The number of anilines is 2. The molecule has 0 aliphatic heterocycles. The number of aromatic nitrogens is 1. The highest BCUT2D eigenvalue weighted by Gasteiger charge is 2.13. The average Bonchev–Trinajstić information content (AvgIpc) is 2.64. The van der Waals surface area contributed by atoms with E-state index in [4.69, 9.17) is 0 Å². The first kappa shape index (κ1) is 18.3. The smallest absolute Gasteiger partial charge is 0.253 e. The van der Waals surface area contributed by atoms with Crippen molar-refractivity contribution in [3.63, 3.8) is 0 Å². The first-order valence-electron chi connectivity index (χ1n) is 8.03. The van der Waals surface area contributed by atoms with Crippen molar-refractivity contribution in [2.24, 2.45) is 0 Å². The Kier molecular flexibility index (Phi) is 5.82. The van der Waals surface area contributed by atoms with Crippen LogP contribution in [0.2, 0.25) is 0 Å². The Morgan fingerprint density at radius 2 is 1.81 bits per heavy atom. The lowest BCUT2D eigenvalue weighted by atomic mass is 10.1. The molecule has 132 valence electrons. The van der Waals surface area contributed by atoms with Gasteiger partial charge in [0, 0.05) is 28.2 Å². The first-order chi connectivity index (χ1) is 12.5. The molecule has 0 saturated heterocycles. The van der Waals surface area contributed by atoms with Gasteiger partial charge in [-0.3, -0.25) is 9.78 Å². The van der Waals surface area contributed by atoms with Gasteiger partial charge in [-0.1, -0.05) is 0 Å². The van der Waals surface area contributed by atoms with Crippen molar-refractivity contribution in [2.45, 2.75) is 13.5 Å². The molecule has 0 saturated carbocycles. The second-order valence-corrected chi connectivity index (χ2v) is 7.06. The molecule has 26 heavy (non-hydrogen) atoms. The van der Waals surface area contributed by atoms with Crippen molar-refractivity contribution in [2.75, 3.05) is 5.32 Å². The molecule has 1 aromatic heterocycles. The number of nitrogens with zero attached hydrogens (tertiary/aromatic N) is 1. The lowest BCUT2D eigenvalue weighted by Gasteiger charge is -2.14. The highest BCUT2D eigenvalue weighted by molar-refractivity contribution is 14.1. The van der Waals surface area contributed by atoms with E-state index in [2.05, 4.69) is 38.2 Å². The van der Waals surface area contributed by atoms with E-state index in [1.165, 1.54) is 12.1 Å². The summed E-state index contributed by atoms with van der Waals surface area (Å²) in [5, 5.41) is 6.05. The number of hydrogen-bond acceptors (Lipinski definition) is 3. The molecule has 1 amide bonds. The summed E-state index contributed by atoms with van der Waals surface area (Å²) in [5.41, 5.74) is 3.66. The fraction of sp³-hybridized carbons (Fsp3) is 0.100. The number of benzene rings is 2. The lowest BCUT2D eigenvalue weighted by molar-refractivity contribution is 0.0951. The summed E-state index contributed by atoms with van der Waals surface area (Å²) >= 11 is 2.25. The van der Waals surface area contributed by atoms with Crippen molar-refractivity contribution in [3.8, 4) is 0 Å². The van der Waals surface area contributed by atoms with Gasteiger partial charge in [0.1, 0.15) is 5.82 Å². The fourth-order valence-electron chi connectivity index (χ4n) is 2.50. The molecule has 1 heterocycles. The van der Waals surface area contributed by atoms with E-state index in [0.717, 1.165) is 20.4 Å². The highest BCUT2D eigenvalue weighted by Crippen LogP contribution is 2.25. The maximum atomic E-state index is 13.7. The van der Waals surface area contributed by atoms with Gasteiger partial charge >= 0.3 is 0 Å². The average molecular weight is 461 g/mol. The van der Waals surface area contributed by atoms with Gasteiger partial charge in [-0.2, -0.15) is 0 Å².